The van der Waals surface area contributed by atoms with Crippen LogP contribution >= 0.6 is 11.6 Å². The summed E-state index contributed by atoms with van der Waals surface area (Å²) in [5.41, 5.74) is 1.70. The summed E-state index contributed by atoms with van der Waals surface area (Å²) in [7, 11) is 1.72. The van der Waals surface area contributed by atoms with Crippen molar-refractivity contribution in [1.29, 1.82) is 0 Å². The summed E-state index contributed by atoms with van der Waals surface area (Å²) in [5, 5.41) is 17.0. The van der Waals surface area contributed by atoms with Gasteiger partial charge in [-0.05, 0) is 6.42 Å². The van der Waals surface area contributed by atoms with E-state index in [1.807, 2.05) is 0 Å². The molecule has 1 aliphatic carbocycles. The molecule has 34 heavy (non-hydrogen) atoms. The highest BCUT2D eigenvalue weighted by Crippen LogP contribution is 2.41. The number of carbonyl (C=O) groups excluding carboxylic acids is 1. The largest absolute Gasteiger partial charge is 0.336 e. The van der Waals surface area contributed by atoms with Gasteiger partial charge < -0.3 is 15.0 Å². The molecule has 1 aromatic carbocycles. The number of anilines is 3. The minimum Gasteiger partial charge on any atom is -0.336 e. The van der Waals surface area contributed by atoms with Crippen molar-refractivity contribution in [3.05, 3.63) is 47.9 Å². The van der Waals surface area contributed by atoms with Crippen LogP contribution in [-0.2, 0) is 11.8 Å². The van der Waals surface area contributed by atoms with E-state index in [2.05, 4.69) is 35.9 Å². The van der Waals surface area contributed by atoms with Crippen LogP contribution in [-0.4, -0.2) is 46.4 Å². The second kappa shape index (κ2) is 7.48. The first-order valence-corrected chi connectivity index (χ1v) is 10.7. The van der Waals surface area contributed by atoms with Crippen LogP contribution in [0.3, 0.4) is 0 Å². The molecule has 0 bridgehead atoms. The average Bonchev–Trinajstić information content (AvgIpc) is 3.16. The molecule has 3 N–H and O–H groups in total. The first-order valence-electron chi connectivity index (χ1n) is 10.3. The standard InChI is InChI=1S/C21H16ClF2N9O/c1-32-14(2-3-27-32)30-20-18(24)17(22)16(10-5-26-31-19(10)20)12-7-33-8-13(28-15(33)6-25-12)29-21(34)9-4-11(9)23/h2-3,5-9,11,30H,4H2,1H3,(H,26,31)(H,29,34)/t9-,11+/m1/s1. The van der Waals surface area contributed by atoms with Crippen LogP contribution in [0.15, 0.2) is 37.1 Å². The second-order valence-electron chi connectivity index (χ2n) is 8.01. The Bertz CT molecular complexity index is 1590. The van der Waals surface area contributed by atoms with E-state index < -0.39 is 23.8 Å². The van der Waals surface area contributed by atoms with Gasteiger partial charge in [-0.3, -0.25) is 19.6 Å². The lowest BCUT2D eigenvalue weighted by Gasteiger charge is -2.13. The maximum absolute atomic E-state index is 15.5. The monoisotopic (exact) mass is 483 g/mol. The maximum Gasteiger partial charge on any atom is 0.231 e. The Hall–Kier alpha value is -4.06. The summed E-state index contributed by atoms with van der Waals surface area (Å²) in [6.45, 7) is 0. The van der Waals surface area contributed by atoms with E-state index in [-0.39, 0.29) is 22.9 Å². The highest BCUT2D eigenvalue weighted by molar-refractivity contribution is 6.36. The predicted octanol–water partition coefficient (Wildman–Crippen LogP) is 3.84. The van der Waals surface area contributed by atoms with E-state index in [9.17, 15) is 9.18 Å². The topological polar surface area (TPSA) is 118 Å². The van der Waals surface area contributed by atoms with Crippen LogP contribution in [0.1, 0.15) is 6.42 Å². The molecule has 6 rings (SSSR count). The molecule has 0 unspecified atom stereocenters. The average molecular weight is 484 g/mol. The Morgan fingerprint density at radius 2 is 2.15 bits per heavy atom. The van der Waals surface area contributed by atoms with Crippen LogP contribution in [0.2, 0.25) is 5.02 Å². The Balaban J connectivity index is 1.41. The van der Waals surface area contributed by atoms with Crippen molar-refractivity contribution in [3.63, 3.8) is 0 Å². The zero-order valence-electron chi connectivity index (χ0n) is 17.6. The van der Waals surface area contributed by atoms with E-state index in [0.717, 1.165) is 0 Å². The van der Waals surface area contributed by atoms with E-state index in [1.165, 1.54) is 6.20 Å². The normalized spacial score (nSPS) is 17.4. The molecular weight excluding hydrogens is 468 g/mol. The summed E-state index contributed by atoms with van der Waals surface area (Å²) in [6.07, 6.45) is 6.91. The number of benzene rings is 1. The molecule has 0 aliphatic heterocycles. The van der Waals surface area contributed by atoms with Crippen molar-refractivity contribution < 1.29 is 13.6 Å². The van der Waals surface area contributed by atoms with Gasteiger partial charge >= 0.3 is 0 Å². The summed E-state index contributed by atoms with van der Waals surface area (Å²) in [5.74, 6) is -0.889. The minimum absolute atomic E-state index is 0.129. The highest BCUT2D eigenvalue weighted by atomic mass is 35.5. The number of aromatic nitrogens is 7. The van der Waals surface area contributed by atoms with E-state index in [4.69, 9.17) is 11.6 Å². The third kappa shape index (κ3) is 3.25. The van der Waals surface area contributed by atoms with E-state index >= 15 is 4.39 Å². The molecular formula is C21H16ClF2N9O. The van der Waals surface area contributed by atoms with Gasteiger partial charge in [-0.1, -0.05) is 11.6 Å². The molecule has 1 aliphatic rings. The van der Waals surface area contributed by atoms with Crippen molar-refractivity contribution in [1.82, 2.24) is 34.3 Å². The number of hydrogen-bond donors (Lipinski definition) is 3. The Kier molecular flexibility index (Phi) is 4.52. The van der Waals surface area contributed by atoms with Crippen LogP contribution in [0.4, 0.5) is 26.1 Å². The Morgan fingerprint density at radius 1 is 1.32 bits per heavy atom. The predicted molar refractivity (Wildman–Crippen MR) is 121 cm³/mol. The van der Waals surface area contributed by atoms with Crippen molar-refractivity contribution in [2.45, 2.75) is 12.6 Å². The van der Waals surface area contributed by atoms with Crippen LogP contribution in [0.5, 0.6) is 0 Å². The number of nitrogens with zero attached hydrogens (tertiary/aromatic N) is 6. The molecule has 0 spiro atoms. The quantitative estimate of drug-likeness (QED) is 0.349. The van der Waals surface area contributed by atoms with Crippen molar-refractivity contribution >= 4 is 51.4 Å². The molecule has 172 valence electrons. The molecule has 1 amide bonds. The molecule has 4 heterocycles. The fourth-order valence-electron chi connectivity index (χ4n) is 3.85. The molecule has 4 aromatic heterocycles. The molecule has 1 saturated carbocycles. The molecule has 0 radical (unpaired) electrons. The zero-order valence-corrected chi connectivity index (χ0v) is 18.3. The van der Waals surface area contributed by atoms with Gasteiger partial charge in [0.05, 0.1) is 46.9 Å². The summed E-state index contributed by atoms with van der Waals surface area (Å²) < 4.78 is 31.8. The number of halogens is 3. The van der Waals surface area contributed by atoms with Crippen molar-refractivity contribution in [3.8, 4) is 11.3 Å². The molecule has 2 atom stereocenters. The van der Waals surface area contributed by atoms with E-state index in [1.54, 1.807) is 47.0 Å². The number of imidazole rings is 1. The summed E-state index contributed by atoms with van der Waals surface area (Å²) in [6, 6.07) is 1.70. The van der Waals surface area contributed by atoms with E-state index in [0.29, 0.717) is 33.6 Å². The Morgan fingerprint density at radius 3 is 2.88 bits per heavy atom. The van der Waals surface area contributed by atoms with Crippen LogP contribution in [0, 0.1) is 11.7 Å². The van der Waals surface area contributed by atoms with Gasteiger partial charge in [0.2, 0.25) is 5.91 Å². The summed E-state index contributed by atoms with van der Waals surface area (Å²) >= 11 is 6.49. The third-order valence-corrected chi connectivity index (χ3v) is 6.12. The lowest BCUT2D eigenvalue weighted by atomic mass is 10.1. The van der Waals surface area contributed by atoms with Crippen molar-refractivity contribution in [2.75, 3.05) is 10.6 Å². The fraction of sp³-hybridized carbons (Fsp3) is 0.190. The van der Waals surface area contributed by atoms with Crippen LogP contribution < -0.4 is 10.6 Å². The molecule has 1 fully saturated rings. The Labute approximate surface area is 195 Å². The minimum atomic E-state index is -1.10. The number of carbonyl (C=O) groups is 1. The molecule has 10 nitrogen and oxygen atoms in total. The SMILES string of the molecule is Cn1nccc1Nc1c(F)c(Cl)c(-c2cn3cc(NC(=O)[C@@H]4C[C@@H]4F)nc3cn2)c2cn[nH]c12. The van der Waals surface area contributed by atoms with Gasteiger partial charge in [-0.2, -0.15) is 10.2 Å². The lowest BCUT2D eigenvalue weighted by molar-refractivity contribution is -0.117. The first-order chi connectivity index (χ1) is 16.4. The maximum atomic E-state index is 15.5. The molecule has 5 aromatic rings. The van der Waals surface area contributed by atoms with Gasteiger partial charge in [0.15, 0.2) is 17.3 Å². The number of nitrogens with one attached hydrogen (secondary N) is 3. The summed E-state index contributed by atoms with van der Waals surface area (Å²) in [4.78, 5) is 20.7. The second-order valence-corrected chi connectivity index (χ2v) is 8.39. The van der Waals surface area contributed by atoms with Gasteiger partial charge in [0, 0.05) is 30.3 Å². The van der Waals surface area contributed by atoms with Gasteiger partial charge in [-0.25, -0.2) is 13.8 Å². The van der Waals surface area contributed by atoms with Crippen LogP contribution in [0.25, 0.3) is 27.8 Å². The number of aromatic amines is 1. The fourth-order valence-corrected chi connectivity index (χ4v) is 4.14. The number of hydrogen-bond acceptors (Lipinski definition) is 6. The number of fused-ring (bicyclic) bond motifs is 2. The lowest BCUT2D eigenvalue weighted by Crippen LogP contribution is -2.15. The van der Waals surface area contributed by atoms with Gasteiger partial charge in [0.1, 0.15) is 17.7 Å². The highest BCUT2D eigenvalue weighted by Gasteiger charge is 2.43. The van der Waals surface area contributed by atoms with Gasteiger partial charge in [0.25, 0.3) is 0 Å². The number of aryl methyl sites for hydroxylation is 1. The number of rotatable bonds is 5. The number of H-pyrrole nitrogens is 1. The smallest absolute Gasteiger partial charge is 0.231 e. The van der Waals surface area contributed by atoms with Gasteiger partial charge in [-0.15, -0.1) is 0 Å². The first kappa shape index (κ1) is 20.5. The molecule has 13 heteroatoms. The number of alkyl halides is 1. The third-order valence-electron chi connectivity index (χ3n) is 5.76. The number of amides is 1. The zero-order chi connectivity index (χ0) is 23.6. The molecule has 0 saturated heterocycles. The van der Waals surface area contributed by atoms with Crippen molar-refractivity contribution in [2.24, 2.45) is 13.0 Å².